The van der Waals surface area contributed by atoms with E-state index in [0.29, 0.717) is 0 Å². The van der Waals surface area contributed by atoms with E-state index in [2.05, 4.69) is 87.0 Å². The lowest BCUT2D eigenvalue weighted by atomic mass is 10.1. The molecule has 0 N–H and O–H groups in total. The smallest absolute Gasteiger partial charge is 0.241 e. The molecule has 0 fully saturated rings. The fourth-order valence-corrected chi connectivity index (χ4v) is 5.08. The molecule has 0 unspecified atom stereocenters. The maximum Gasteiger partial charge on any atom is 0.241 e. The number of hydrogen-bond acceptors (Lipinski definition) is 1. The normalized spacial score (nSPS) is 13.8. The first kappa shape index (κ1) is 16.1. The molecule has 1 heterocycles. The lowest BCUT2D eigenvalue weighted by molar-refractivity contribution is 0.429. The van der Waals surface area contributed by atoms with Crippen LogP contribution in [0.1, 0.15) is 12.5 Å². The number of nitrogens with zero attached hydrogens (tertiary/aromatic N) is 1. The summed E-state index contributed by atoms with van der Waals surface area (Å²) in [5.41, 5.74) is 2.60. The zero-order valence-electron chi connectivity index (χ0n) is 14.3. The summed E-state index contributed by atoms with van der Waals surface area (Å²) in [6.07, 6.45) is 4.49. The molecule has 0 spiro atoms. The third kappa shape index (κ3) is 3.89. The monoisotopic (exact) mass is 317 g/mol. The minimum absolute atomic E-state index is 1.02. The van der Waals surface area contributed by atoms with Crippen LogP contribution in [0.3, 0.4) is 0 Å². The molecule has 1 aromatic heterocycles. The van der Waals surface area contributed by atoms with Gasteiger partial charge in [0, 0.05) is 22.7 Å². The zero-order chi connectivity index (χ0) is 15.8. The van der Waals surface area contributed by atoms with E-state index in [0.717, 1.165) is 5.76 Å². The van der Waals surface area contributed by atoms with Crippen LogP contribution in [0.25, 0.3) is 17.0 Å². The van der Waals surface area contributed by atoms with Crippen molar-refractivity contribution in [1.82, 2.24) is 4.23 Å². The standard InChI is InChI=1S/C17H27NOSi2/c1-14(19-21(5,6)7)12-15-13-18(20(2,3)4)17-11-9-8-10-16(15)17/h8-13H,1-7H3/b14-12-. The summed E-state index contributed by atoms with van der Waals surface area (Å²) in [5.74, 6) is 1.02. The highest BCUT2D eigenvalue weighted by Gasteiger charge is 2.20. The molecule has 21 heavy (non-hydrogen) atoms. The zero-order valence-corrected chi connectivity index (χ0v) is 16.3. The number of benzene rings is 1. The van der Waals surface area contributed by atoms with Gasteiger partial charge in [-0.05, 0) is 38.7 Å². The van der Waals surface area contributed by atoms with Crippen LogP contribution >= 0.6 is 0 Å². The molecule has 0 aliphatic carbocycles. The van der Waals surface area contributed by atoms with E-state index < -0.39 is 16.6 Å². The summed E-state index contributed by atoms with van der Waals surface area (Å²) in [7, 11) is -2.96. The van der Waals surface area contributed by atoms with Gasteiger partial charge in [0.05, 0.1) is 5.76 Å². The third-order valence-electron chi connectivity index (χ3n) is 3.29. The summed E-state index contributed by atoms with van der Waals surface area (Å²) in [6, 6.07) is 8.67. The van der Waals surface area contributed by atoms with Gasteiger partial charge in [0.2, 0.25) is 8.32 Å². The van der Waals surface area contributed by atoms with Gasteiger partial charge >= 0.3 is 0 Å². The van der Waals surface area contributed by atoms with Gasteiger partial charge < -0.3 is 8.66 Å². The van der Waals surface area contributed by atoms with Crippen LogP contribution in [0, 0.1) is 0 Å². The molecule has 1 aromatic carbocycles. The molecule has 0 bridgehead atoms. The molecule has 4 heteroatoms. The molecular formula is C17H27NOSi2. The number of aromatic nitrogens is 1. The van der Waals surface area contributed by atoms with E-state index in [1.54, 1.807) is 0 Å². The van der Waals surface area contributed by atoms with E-state index in [1.165, 1.54) is 16.5 Å². The van der Waals surface area contributed by atoms with E-state index >= 15 is 0 Å². The van der Waals surface area contributed by atoms with E-state index in [1.807, 2.05) is 0 Å². The lowest BCUT2D eigenvalue weighted by Crippen LogP contribution is -2.30. The van der Waals surface area contributed by atoms with Crippen LogP contribution in [0.2, 0.25) is 39.3 Å². The Labute approximate surface area is 130 Å². The predicted octanol–water partition coefficient (Wildman–Crippen LogP) is 5.54. The van der Waals surface area contributed by atoms with Crippen LogP contribution in [-0.4, -0.2) is 20.8 Å². The first-order valence-electron chi connectivity index (χ1n) is 7.56. The van der Waals surface area contributed by atoms with Crippen molar-refractivity contribution in [3.05, 3.63) is 41.8 Å². The Balaban J connectivity index is 2.53. The summed E-state index contributed by atoms with van der Waals surface area (Å²) in [4.78, 5) is 0. The largest absolute Gasteiger partial charge is 0.548 e. The van der Waals surface area contributed by atoms with Gasteiger partial charge in [-0.3, -0.25) is 0 Å². The average Bonchev–Trinajstić information content (AvgIpc) is 2.66. The van der Waals surface area contributed by atoms with Crippen molar-refractivity contribution in [1.29, 1.82) is 0 Å². The number of para-hydroxylation sites is 1. The second-order valence-corrected chi connectivity index (χ2v) is 16.9. The summed E-state index contributed by atoms with van der Waals surface area (Å²) >= 11 is 0. The van der Waals surface area contributed by atoms with Crippen molar-refractivity contribution in [3.8, 4) is 0 Å². The van der Waals surface area contributed by atoms with Gasteiger partial charge in [0.25, 0.3) is 0 Å². The van der Waals surface area contributed by atoms with Crippen molar-refractivity contribution < 1.29 is 4.43 Å². The Morgan fingerprint density at radius 2 is 1.67 bits per heavy atom. The highest BCUT2D eigenvalue weighted by Crippen LogP contribution is 2.27. The Hall–Kier alpha value is -1.27. The fourth-order valence-electron chi connectivity index (χ4n) is 2.61. The van der Waals surface area contributed by atoms with Gasteiger partial charge in [0.1, 0.15) is 0 Å². The molecule has 0 saturated heterocycles. The van der Waals surface area contributed by atoms with Crippen LogP contribution in [0.4, 0.5) is 0 Å². The minimum Gasteiger partial charge on any atom is -0.548 e. The van der Waals surface area contributed by atoms with Crippen LogP contribution in [0.15, 0.2) is 36.2 Å². The van der Waals surface area contributed by atoms with E-state index in [9.17, 15) is 0 Å². The fraction of sp³-hybridized carbons (Fsp3) is 0.412. The number of allylic oxidation sites excluding steroid dienone is 1. The highest BCUT2D eigenvalue weighted by molar-refractivity contribution is 6.75. The third-order valence-corrected chi connectivity index (χ3v) is 6.04. The van der Waals surface area contributed by atoms with Crippen molar-refractivity contribution in [2.75, 3.05) is 0 Å². The maximum atomic E-state index is 6.09. The number of rotatable bonds is 4. The summed E-state index contributed by atoms with van der Waals surface area (Å²) in [6.45, 7) is 15.8. The SMILES string of the molecule is C/C(=C/c1cn([Si](C)(C)C)c2ccccc12)O[Si](C)(C)C. The van der Waals surface area contributed by atoms with Crippen molar-refractivity contribution in [3.63, 3.8) is 0 Å². The molecule has 2 aromatic rings. The summed E-state index contributed by atoms with van der Waals surface area (Å²) < 4.78 is 8.57. The van der Waals surface area contributed by atoms with Gasteiger partial charge in [-0.1, -0.05) is 37.8 Å². The quantitative estimate of drug-likeness (QED) is 0.533. The van der Waals surface area contributed by atoms with Crippen LogP contribution < -0.4 is 0 Å². The molecular weight excluding hydrogens is 290 g/mol. The lowest BCUT2D eigenvalue weighted by Gasteiger charge is -2.20. The van der Waals surface area contributed by atoms with Gasteiger partial charge in [0.15, 0.2) is 8.24 Å². The van der Waals surface area contributed by atoms with Crippen LogP contribution in [-0.2, 0) is 4.43 Å². The average molecular weight is 318 g/mol. The first-order valence-corrected chi connectivity index (χ1v) is 14.4. The van der Waals surface area contributed by atoms with Crippen molar-refractivity contribution >= 4 is 33.5 Å². The Kier molecular flexibility index (Phi) is 4.22. The Morgan fingerprint density at radius 1 is 1.05 bits per heavy atom. The highest BCUT2D eigenvalue weighted by atomic mass is 28.4. The Bertz CT molecular complexity index is 672. The topological polar surface area (TPSA) is 14.2 Å². The molecule has 114 valence electrons. The second kappa shape index (κ2) is 5.50. The predicted molar refractivity (Wildman–Crippen MR) is 98.8 cm³/mol. The van der Waals surface area contributed by atoms with Crippen LogP contribution in [0.5, 0.6) is 0 Å². The first-order chi connectivity index (χ1) is 9.58. The van der Waals surface area contributed by atoms with Gasteiger partial charge in [-0.25, -0.2) is 0 Å². The van der Waals surface area contributed by atoms with Crippen molar-refractivity contribution in [2.24, 2.45) is 0 Å². The second-order valence-electron chi connectivity index (χ2n) is 7.61. The van der Waals surface area contributed by atoms with E-state index in [4.69, 9.17) is 4.43 Å². The molecule has 0 atom stereocenters. The molecule has 2 nitrogen and oxygen atoms in total. The van der Waals surface area contributed by atoms with E-state index in [-0.39, 0.29) is 0 Å². The molecule has 2 rings (SSSR count). The van der Waals surface area contributed by atoms with Crippen molar-refractivity contribution in [2.45, 2.75) is 46.2 Å². The Morgan fingerprint density at radius 3 is 2.24 bits per heavy atom. The molecule has 0 amide bonds. The minimum atomic E-state index is -1.54. The number of fused-ring (bicyclic) bond motifs is 1. The summed E-state index contributed by atoms with van der Waals surface area (Å²) in [5, 5.41) is 1.32. The maximum absolute atomic E-state index is 6.09. The molecule has 0 saturated carbocycles. The molecule has 0 aliphatic heterocycles. The van der Waals surface area contributed by atoms with Gasteiger partial charge in [-0.15, -0.1) is 0 Å². The van der Waals surface area contributed by atoms with Gasteiger partial charge in [-0.2, -0.15) is 0 Å². The molecule has 0 aliphatic rings. The molecule has 0 radical (unpaired) electrons. The number of hydrogen-bond donors (Lipinski definition) is 0.